The molecule has 5 nitrogen and oxygen atoms in total. The zero-order valence-electron chi connectivity index (χ0n) is 10.5. The molecule has 3 fully saturated rings. The van der Waals surface area contributed by atoms with Crippen molar-refractivity contribution in [2.75, 3.05) is 32.3 Å². The Kier molecular flexibility index (Phi) is 2.83. The van der Waals surface area contributed by atoms with Crippen molar-refractivity contribution >= 4 is 17.4 Å². The molecule has 2 bridgehead atoms. The van der Waals surface area contributed by atoms with Crippen LogP contribution in [0.1, 0.15) is 12.8 Å². The van der Waals surface area contributed by atoms with Crippen molar-refractivity contribution in [1.29, 1.82) is 0 Å². The number of ether oxygens (including phenoxy) is 2. The van der Waals surface area contributed by atoms with Crippen LogP contribution in [0.2, 0.25) is 5.15 Å². The van der Waals surface area contributed by atoms with Crippen LogP contribution in [0.5, 0.6) is 6.01 Å². The van der Waals surface area contributed by atoms with Crippen LogP contribution >= 0.6 is 11.6 Å². The topological polar surface area (TPSA) is 47.5 Å². The molecular weight excluding hydrogens is 254 g/mol. The largest absolute Gasteiger partial charge is 0.467 e. The number of anilines is 1. The second-order valence-electron chi connectivity index (χ2n) is 5.16. The van der Waals surface area contributed by atoms with Crippen LogP contribution in [0, 0.1) is 5.41 Å². The van der Waals surface area contributed by atoms with Gasteiger partial charge >= 0.3 is 6.01 Å². The number of nitrogens with zero attached hydrogens (tertiary/aromatic N) is 3. The Bertz CT molecular complexity index is 463. The van der Waals surface area contributed by atoms with Crippen LogP contribution in [-0.4, -0.2) is 43.4 Å². The Hall–Kier alpha value is -1.07. The first kappa shape index (κ1) is 12.0. The van der Waals surface area contributed by atoms with E-state index in [1.165, 1.54) is 12.8 Å². The lowest BCUT2D eigenvalue weighted by molar-refractivity contribution is 0.0521. The van der Waals surface area contributed by atoms with Crippen LogP contribution in [0.3, 0.4) is 0 Å². The molecule has 1 aromatic heterocycles. The second kappa shape index (κ2) is 4.24. The van der Waals surface area contributed by atoms with E-state index in [0.29, 0.717) is 22.6 Å². The van der Waals surface area contributed by atoms with Crippen molar-refractivity contribution in [2.24, 2.45) is 5.41 Å². The fraction of sp³-hybridized carbons (Fsp3) is 0.667. The summed E-state index contributed by atoms with van der Waals surface area (Å²) in [6, 6.07) is 2.67. The Morgan fingerprint density at radius 1 is 1.44 bits per heavy atom. The number of aromatic nitrogens is 2. The first-order valence-corrected chi connectivity index (χ1v) is 6.38. The zero-order chi connectivity index (χ0) is 12.8. The van der Waals surface area contributed by atoms with Crippen molar-refractivity contribution in [1.82, 2.24) is 9.97 Å². The van der Waals surface area contributed by atoms with Gasteiger partial charge in [0, 0.05) is 31.2 Å². The number of methoxy groups -OCH3 is 2. The lowest BCUT2D eigenvalue weighted by Gasteiger charge is -2.36. The molecule has 0 radical (unpaired) electrons. The lowest BCUT2D eigenvalue weighted by atomic mass is 9.71. The highest BCUT2D eigenvalue weighted by Gasteiger charge is 2.55. The minimum atomic E-state index is 0.310. The molecule has 0 aromatic carbocycles. The van der Waals surface area contributed by atoms with E-state index in [0.717, 1.165) is 19.0 Å². The van der Waals surface area contributed by atoms with Crippen LogP contribution < -0.4 is 9.64 Å². The van der Waals surface area contributed by atoms with E-state index in [4.69, 9.17) is 21.1 Å². The van der Waals surface area contributed by atoms with Gasteiger partial charge in [-0.1, -0.05) is 11.6 Å². The van der Waals surface area contributed by atoms with E-state index in [1.54, 1.807) is 20.3 Å². The van der Waals surface area contributed by atoms with Crippen molar-refractivity contribution < 1.29 is 9.47 Å². The Balaban J connectivity index is 1.83. The van der Waals surface area contributed by atoms with E-state index in [1.807, 2.05) is 0 Å². The maximum atomic E-state index is 5.98. The molecule has 0 amide bonds. The van der Waals surface area contributed by atoms with Crippen molar-refractivity contribution in [3.63, 3.8) is 0 Å². The van der Waals surface area contributed by atoms with E-state index >= 15 is 0 Å². The quantitative estimate of drug-likeness (QED) is 0.780. The summed E-state index contributed by atoms with van der Waals surface area (Å²) >= 11 is 5.98. The minimum absolute atomic E-state index is 0.310. The van der Waals surface area contributed by atoms with Gasteiger partial charge in [0.1, 0.15) is 11.0 Å². The van der Waals surface area contributed by atoms with Gasteiger partial charge in [-0.25, -0.2) is 0 Å². The summed E-state index contributed by atoms with van der Waals surface area (Å²) in [5, 5.41) is 0.418. The van der Waals surface area contributed by atoms with Crippen molar-refractivity contribution in [3.8, 4) is 6.01 Å². The fourth-order valence-corrected chi connectivity index (χ4v) is 3.31. The maximum Gasteiger partial charge on any atom is 0.319 e. The van der Waals surface area contributed by atoms with Gasteiger partial charge in [-0.05, 0) is 12.8 Å². The van der Waals surface area contributed by atoms with Crippen LogP contribution in [0.4, 0.5) is 5.82 Å². The molecule has 0 spiro atoms. The first-order chi connectivity index (χ1) is 8.65. The smallest absolute Gasteiger partial charge is 0.319 e. The van der Waals surface area contributed by atoms with Gasteiger partial charge in [-0.2, -0.15) is 9.97 Å². The molecule has 3 heterocycles. The fourth-order valence-electron chi connectivity index (χ4n) is 3.14. The summed E-state index contributed by atoms with van der Waals surface area (Å²) < 4.78 is 10.4. The van der Waals surface area contributed by atoms with E-state index in [9.17, 15) is 0 Å². The lowest BCUT2D eigenvalue weighted by Crippen LogP contribution is -2.37. The predicted molar refractivity (Wildman–Crippen MR) is 68.3 cm³/mol. The van der Waals surface area contributed by atoms with Crippen LogP contribution in [0.15, 0.2) is 6.07 Å². The average molecular weight is 270 g/mol. The molecule has 6 heteroatoms. The highest BCUT2D eigenvalue weighted by atomic mass is 35.5. The molecule has 2 saturated heterocycles. The van der Waals surface area contributed by atoms with E-state index < -0.39 is 0 Å². The van der Waals surface area contributed by atoms with Crippen LogP contribution in [-0.2, 0) is 4.74 Å². The van der Waals surface area contributed by atoms with Gasteiger partial charge in [0.05, 0.1) is 13.7 Å². The number of halogens is 1. The summed E-state index contributed by atoms with van der Waals surface area (Å²) in [5.41, 5.74) is 0.310. The SMILES string of the molecule is COCC12CC(C1)N(c1cc(Cl)nc(OC)n1)C2. The number of fused-ring (bicyclic) bond motifs is 1. The monoisotopic (exact) mass is 269 g/mol. The summed E-state index contributed by atoms with van der Waals surface area (Å²) in [6.07, 6.45) is 2.34. The summed E-state index contributed by atoms with van der Waals surface area (Å²) in [6.45, 7) is 1.79. The van der Waals surface area contributed by atoms with E-state index in [2.05, 4.69) is 14.9 Å². The Morgan fingerprint density at radius 2 is 2.22 bits per heavy atom. The molecule has 0 atom stereocenters. The molecule has 98 valence electrons. The number of rotatable bonds is 4. The molecule has 1 saturated carbocycles. The van der Waals surface area contributed by atoms with Gasteiger partial charge < -0.3 is 14.4 Å². The highest BCUT2D eigenvalue weighted by molar-refractivity contribution is 6.29. The Labute approximate surface area is 111 Å². The molecule has 1 aromatic rings. The van der Waals surface area contributed by atoms with Gasteiger partial charge in [-0.3, -0.25) is 0 Å². The normalized spacial score (nSPS) is 29.3. The third-order valence-corrected chi connectivity index (χ3v) is 4.07. The van der Waals surface area contributed by atoms with Crippen molar-refractivity contribution in [2.45, 2.75) is 18.9 Å². The highest BCUT2D eigenvalue weighted by Crippen LogP contribution is 2.53. The molecule has 0 N–H and O–H groups in total. The number of hydrogen-bond donors (Lipinski definition) is 0. The van der Waals surface area contributed by atoms with Gasteiger partial charge in [0.25, 0.3) is 0 Å². The third kappa shape index (κ3) is 1.82. The van der Waals surface area contributed by atoms with Crippen molar-refractivity contribution in [3.05, 3.63) is 11.2 Å². The first-order valence-electron chi connectivity index (χ1n) is 6.00. The maximum absolute atomic E-state index is 5.98. The van der Waals surface area contributed by atoms with Gasteiger partial charge in [-0.15, -0.1) is 0 Å². The third-order valence-electron chi connectivity index (χ3n) is 3.87. The van der Waals surface area contributed by atoms with Gasteiger partial charge in [0.15, 0.2) is 0 Å². The second-order valence-corrected chi connectivity index (χ2v) is 5.55. The predicted octanol–water partition coefficient (Wildman–Crippen LogP) is 1.75. The van der Waals surface area contributed by atoms with Gasteiger partial charge in [0.2, 0.25) is 0 Å². The zero-order valence-corrected chi connectivity index (χ0v) is 11.3. The summed E-state index contributed by atoms with van der Waals surface area (Å²) in [5.74, 6) is 0.854. The standard InChI is InChI=1S/C12H16ClN3O2/c1-17-7-12-4-8(5-12)16(6-12)10-3-9(13)14-11(15-10)18-2/h3,8H,4-7H2,1-2H3. The molecule has 1 aliphatic carbocycles. The Morgan fingerprint density at radius 3 is 2.89 bits per heavy atom. The molecule has 3 aliphatic rings. The minimum Gasteiger partial charge on any atom is -0.467 e. The molecule has 18 heavy (non-hydrogen) atoms. The molecule has 0 unspecified atom stereocenters. The van der Waals surface area contributed by atoms with Crippen LogP contribution in [0.25, 0.3) is 0 Å². The molecular formula is C12H16ClN3O2. The summed E-state index contributed by atoms with van der Waals surface area (Å²) in [7, 11) is 3.31. The van der Waals surface area contributed by atoms with E-state index in [-0.39, 0.29) is 0 Å². The average Bonchev–Trinajstić information content (AvgIpc) is 2.83. The number of hydrogen-bond acceptors (Lipinski definition) is 5. The molecule has 4 rings (SSSR count). The molecule has 2 aliphatic heterocycles. The summed E-state index contributed by atoms with van der Waals surface area (Å²) in [4.78, 5) is 10.7.